The summed E-state index contributed by atoms with van der Waals surface area (Å²) >= 11 is 0. The van der Waals surface area contributed by atoms with Crippen LogP contribution in [0.25, 0.3) is 0 Å². The van der Waals surface area contributed by atoms with Crippen LogP contribution in [0.4, 0.5) is 5.69 Å². The Labute approximate surface area is 102 Å². The first-order valence-corrected chi connectivity index (χ1v) is 6.34. The molecule has 2 bridgehead atoms. The van der Waals surface area contributed by atoms with Crippen LogP contribution in [0.2, 0.25) is 0 Å². The van der Waals surface area contributed by atoms with Crippen LogP contribution >= 0.6 is 0 Å². The minimum Gasteiger partial charge on any atom is -0.371 e. The van der Waals surface area contributed by atoms with E-state index >= 15 is 0 Å². The minimum absolute atomic E-state index is 0.00456. The Morgan fingerprint density at radius 2 is 2.06 bits per heavy atom. The second kappa shape index (κ2) is 4.27. The molecule has 3 atom stereocenters. The van der Waals surface area contributed by atoms with Crippen molar-refractivity contribution in [2.45, 2.75) is 38.0 Å². The molecule has 4 nitrogen and oxygen atoms in total. The zero-order valence-corrected chi connectivity index (χ0v) is 10.2. The van der Waals surface area contributed by atoms with Gasteiger partial charge in [0.1, 0.15) is 0 Å². The maximum Gasteiger partial charge on any atom is 0.0755 e. The first kappa shape index (κ1) is 11.0. The highest BCUT2D eigenvalue weighted by Crippen LogP contribution is 2.29. The van der Waals surface area contributed by atoms with Crippen molar-refractivity contribution in [3.05, 3.63) is 24.0 Å². The van der Waals surface area contributed by atoms with Crippen LogP contribution in [0.1, 0.15) is 31.5 Å². The van der Waals surface area contributed by atoms with Crippen molar-refractivity contribution in [1.29, 1.82) is 0 Å². The Hall–Kier alpha value is -1.13. The van der Waals surface area contributed by atoms with E-state index in [9.17, 15) is 0 Å². The maximum absolute atomic E-state index is 5.83. The van der Waals surface area contributed by atoms with E-state index in [0.717, 1.165) is 18.8 Å². The second-order valence-electron chi connectivity index (χ2n) is 5.09. The summed E-state index contributed by atoms with van der Waals surface area (Å²) in [6, 6.07) is 4.15. The number of hydrogen-bond donors (Lipinski definition) is 1. The third-order valence-corrected chi connectivity index (χ3v) is 3.65. The highest BCUT2D eigenvalue weighted by Gasteiger charge is 2.33. The van der Waals surface area contributed by atoms with Gasteiger partial charge in [0.05, 0.1) is 29.8 Å². The van der Waals surface area contributed by atoms with Gasteiger partial charge in [0.2, 0.25) is 0 Å². The Morgan fingerprint density at radius 1 is 1.35 bits per heavy atom. The van der Waals surface area contributed by atoms with Gasteiger partial charge in [0.15, 0.2) is 0 Å². The van der Waals surface area contributed by atoms with E-state index in [1.807, 2.05) is 19.2 Å². The van der Waals surface area contributed by atoms with Gasteiger partial charge in [-0.05, 0) is 31.9 Å². The van der Waals surface area contributed by atoms with Gasteiger partial charge in [0.25, 0.3) is 0 Å². The van der Waals surface area contributed by atoms with Gasteiger partial charge in [-0.2, -0.15) is 0 Å². The molecule has 2 N–H and O–H groups in total. The number of morpholine rings is 1. The van der Waals surface area contributed by atoms with Crippen molar-refractivity contribution in [1.82, 2.24) is 4.98 Å². The van der Waals surface area contributed by atoms with E-state index in [1.165, 1.54) is 18.5 Å². The summed E-state index contributed by atoms with van der Waals surface area (Å²) in [4.78, 5) is 6.80. The predicted octanol–water partition coefficient (Wildman–Crippen LogP) is 1.47. The number of rotatable bonds is 2. The topological polar surface area (TPSA) is 51.4 Å². The molecule has 0 spiro atoms. The molecule has 1 aromatic heterocycles. The van der Waals surface area contributed by atoms with Crippen molar-refractivity contribution in [3.63, 3.8) is 0 Å². The number of hydrogen-bond acceptors (Lipinski definition) is 4. The molecule has 2 aliphatic rings. The van der Waals surface area contributed by atoms with Crippen LogP contribution in [0.5, 0.6) is 0 Å². The van der Waals surface area contributed by atoms with Crippen LogP contribution < -0.4 is 10.6 Å². The standard InChI is InChI=1S/C13H19N3O/c1-9(14)13-5-2-10(6-15-13)16-7-11-3-4-12(8-16)17-11/h2,5-6,9,11-12H,3-4,7-8,14H2,1H3/t9-,11?,12?/m0/s1. The molecule has 2 unspecified atom stereocenters. The summed E-state index contributed by atoms with van der Waals surface area (Å²) in [5, 5.41) is 0. The van der Waals surface area contributed by atoms with Gasteiger partial charge in [-0.15, -0.1) is 0 Å². The van der Waals surface area contributed by atoms with Gasteiger partial charge in [-0.1, -0.05) is 0 Å². The van der Waals surface area contributed by atoms with Crippen LogP contribution in [-0.4, -0.2) is 30.3 Å². The molecule has 2 fully saturated rings. The third kappa shape index (κ3) is 2.15. The van der Waals surface area contributed by atoms with E-state index < -0.39 is 0 Å². The molecular formula is C13H19N3O. The molecule has 92 valence electrons. The number of ether oxygens (including phenoxy) is 1. The quantitative estimate of drug-likeness (QED) is 0.840. The summed E-state index contributed by atoms with van der Waals surface area (Å²) < 4.78 is 5.83. The molecule has 17 heavy (non-hydrogen) atoms. The van der Waals surface area contributed by atoms with Gasteiger partial charge in [-0.3, -0.25) is 4.98 Å². The van der Waals surface area contributed by atoms with Gasteiger partial charge in [0, 0.05) is 19.1 Å². The lowest BCUT2D eigenvalue weighted by atomic mass is 10.2. The molecule has 0 saturated carbocycles. The van der Waals surface area contributed by atoms with Crippen molar-refractivity contribution in [2.24, 2.45) is 5.73 Å². The fourth-order valence-corrected chi connectivity index (χ4v) is 2.68. The zero-order chi connectivity index (χ0) is 11.8. The van der Waals surface area contributed by atoms with Gasteiger partial charge < -0.3 is 15.4 Å². The normalized spacial score (nSPS) is 29.4. The Balaban J connectivity index is 1.75. The number of pyridine rings is 1. The maximum atomic E-state index is 5.83. The smallest absolute Gasteiger partial charge is 0.0755 e. The first-order valence-electron chi connectivity index (χ1n) is 6.34. The lowest BCUT2D eigenvalue weighted by Gasteiger charge is -2.33. The second-order valence-corrected chi connectivity index (χ2v) is 5.09. The zero-order valence-electron chi connectivity index (χ0n) is 10.2. The Morgan fingerprint density at radius 3 is 2.59 bits per heavy atom. The number of fused-ring (bicyclic) bond motifs is 2. The highest BCUT2D eigenvalue weighted by molar-refractivity contribution is 5.45. The SMILES string of the molecule is C[C@H](N)c1ccc(N2CC3CCC(C2)O3)cn1. The largest absolute Gasteiger partial charge is 0.371 e. The molecule has 3 heterocycles. The summed E-state index contributed by atoms with van der Waals surface area (Å²) in [6.45, 7) is 3.95. The number of nitrogens with zero attached hydrogens (tertiary/aromatic N) is 2. The number of aromatic nitrogens is 1. The van der Waals surface area contributed by atoms with E-state index in [4.69, 9.17) is 10.5 Å². The van der Waals surface area contributed by atoms with Gasteiger partial charge in [-0.25, -0.2) is 0 Å². The summed E-state index contributed by atoms with van der Waals surface area (Å²) in [7, 11) is 0. The average molecular weight is 233 g/mol. The number of anilines is 1. The minimum atomic E-state index is 0.00456. The Bertz CT molecular complexity index is 378. The molecule has 0 amide bonds. The molecule has 2 aliphatic heterocycles. The molecule has 0 aliphatic carbocycles. The number of nitrogens with two attached hydrogens (primary N) is 1. The molecule has 0 aromatic carbocycles. The van der Waals surface area contributed by atoms with Crippen LogP contribution in [0.15, 0.2) is 18.3 Å². The predicted molar refractivity (Wildman–Crippen MR) is 66.9 cm³/mol. The van der Waals surface area contributed by atoms with E-state index in [-0.39, 0.29) is 6.04 Å². The van der Waals surface area contributed by atoms with Crippen molar-refractivity contribution >= 4 is 5.69 Å². The molecule has 1 aromatic rings. The van der Waals surface area contributed by atoms with E-state index in [1.54, 1.807) is 0 Å². The first-order chi connectivity index (χ1) is 8.22. The third-order valence-electron chi connectivity index (χ3n) is 3.65. The average Bonchev–Trinajstić information content (AvgIpc) is 2.68. The van der Waals surface area contributed by atoms with Crippen LogP contribution in [0, 0.1) is 0 Å². The summed E-state index contributed by atoms with van der Waals surface area (Å²) in [5.74, 6) is 0. The van der Waals surface area contributed by atoms with Crippen molar-refractivity contribution in [3.8, 4) is 0 Å². The lowest BCUT2D eigenvalue weighted by Crippen LogP contribution is -2.42. The highest BCUT2D eigenvalue weighted by atomic mass is 16.5. The van der Waals surface area contributed by atoms with Gasteiger partial charge >= 0.3 is 0 Å². The summed E-state index contributed by atoms with van der Waals surface area (Å²) in [5.41, 5.74) is 7.94. The van der Waals surface area contributed by atoms with Crippen LogP contribution in [0.3, 0.4) is 0 Å². The monoisotopic (exact) mass is 233 g/mol. The van der Waals surface area contributed by atoms with E-state index in [2.05, 4.69) is 16.0 Å². The lowest BCUT2D eigenvalue weighted by molar-refractivity contribution is 0.0305. The summed E-state index contributed by atoms with van der Waals surface area (Å²) in [6.07, 6.45) is 5.17. The Kier molecular flexibility index (Phi) is 2.76. The molecule has 2 saturated heterocycles. The fourth-order valence-electron chi connectivity index (χ4n) is 2.68. The molecule has 0 radical (unpaired) electrons. The fraction of sp³-hybridized carbons (Fsp3) is 0.615. The van der Waals surface area contributed by atoms with Crippen molar-refractivity contribution in [2.75, 3.05) is 18.0 Å². The molecule has 3 rings (SSSR count). The molecule has 4 heteroatoms. The van der Waals surface area contributed by atoms with E-state index in [0.29, 0.717) is 12.2 Å². The molecular weight excluding hydrogens is 214 g/mol. The van der Waals surface area contributed by atoms with Crippen molar-refractivity contribution < 1.29 is 4.74 Å². The van der Waals surface area contributed by atoms with Crippen LogP contribution in [-0.2, 0) is 4.74 Å².